The number of anilines is 1. The van der Waals surface area contributed by atoms with Crippen LogP contribution in [0.2, 0.25) is 0 Å². The van der Waals surface area contributed by atoms with Gasteiger partial charge in [-0.2, -0.15) is 0 Å². The number of sulfonamides is 1. The molecule has 3 N–H and O–H groups in total. The zero-order valence-electron chi connectivity index (χ0n) is 17.5. The average Bonchev–Trinajstić information content (AvgIpc) is 3.38. The standard InChI is InChI=1S/C24H17N3O6S/c25-34(31,32)17-9-7-16(8-10-17)27-21(15-5-3-11-26-13-15)20(23(29)24(27)30)22(28)19-12-14-4-1-2-6-18(14)33-19/h1-13,21,29H,(H2,25,31,32). The number of nitrogens with zero attached hydrogens (tertiary/aromatic N) is 2. The van der Waals surface area contributed by atoms with Crippen molar-refractivity contribution in [1.82, 2.24) is 4.98 Å². The van der Waals surface area contributed by atoms with Gasteiger partial charge in [0.1, 0.15) is 5.58 Å². The van der Waals surface area contributed by atoms with Crippen LogP contribution in [0.1, 0.15) is 22.2 Å². The van der Waals surface area contributed by atoms with Crippen LogP contribution >= 0.6 is 0 Å². The van der Waals surface area contributed by atoms with E-state index in [9.17, 15) is 23.1 Å². The third-order valence-electron chi connectivity index (χ3n) is 5.55. The second-order valence-electron chi connectivity index (χ2n) is 7.64. The van der Waals surface area contributed by atoms with Gasteiger partial charge >= 0.3 is 0 Å². The molecule has 4 aromatic rings. The number of aliphatic hydroxyl groups excluding tert-OH is 1. The molecule has 0 spiro atoms. The number of aromatic nitrogens is 1. The summed E-state index contributed by atoms with van der Waals surface area (Å²) >= 11 is 0. The summed E-state index contributed by atoms with van der Waals surface area (Å²) in [6, 6.07) is 16.1. The van der Waals surface area contributed by atoms with Crippen LogP contribution < -0.4 is 10.0 Å². The first-order chi connectivity index (χ1) is 16.3. The molecule has 1 unspecified atom stereocenters. The van der Waals surface area contributed by atoms with Crippen LogP contribution in [-0.2, 0) is 14.8 Å². The smallest absolute Gasteiger partial charge is 0.294 e. The van der Waals surface area contributed by atoms with Crippen LogP contribution in [0.25, 0.3) is 11.0 Å². The number of carbonyl (C=O) groups excluding carboxylic acids is 2. The highest BCUT2D eigenvalue weighted by Crippen LogP contribution is 2.42. The Morgan fingerprint density at radius 1 is 1.06 bits per heavy atom. The Bertz CT molecular complexity index is 1540. The summed E-state index contributed by atoms with van der Waals surface area (Å²) in [6.45, 7) is 0. The number of benzene rings is 2. The number of nitrogens with two attached hydrogens (primary N) is 1. The molecule has 0 radical (unpaired) electrons. The lowest BCUT2D eigenvalue weighted by molar-refractivity contribution is -0.117. The number of hydrogen-bond acceptors (Lipinski definition) is 7. The van der Waals surface area contributed by atoms with Gasteiger partial charge in [0.15, 0.2) is 11.5 Å². The lowest BCUT2D eigenvalue weighted by atomic mass is 9.96. The Labute approximate surface area is 193 Å². The Morgan fingerprint density at radius 2 is 1.79 bits per heavy atom. The van der Waals surface area contributed by atoms with Crippen molar-refractivity contribution < 1.29 is 27.5 Å². The molecule has 9 nitrogen and oxygen atoms in total. The lowest BCUT2D eigenvalue weighted by Gasteiger charge is -2.26. The molecule has 3 heterocycles. The van der Waals surface area contributed by atoms with Gasteiger partial charge in [-0.25, -0.2) is 13.6 Å². The molecule has 170 valence electrons. The molecule has 5 rings (SSSR count). The minimum atomic E-state index is -3.95. The fourth-order valence-corrected chi connectivity index (χ4v) is 4.50. The van der Waals surface area contributed by atoms with E-state index < -0.39 is 33.5 Å². The summed E-state index contributed by atoms with van der Waals surface area (Å²) in [4.78, 5) is 31.8. The molecular weight excluding hydrogens is 458 g/mol. The van der Waals surface area contributed by atoms with E-state index in [4.69, 9.17) is 9.56 Å². The van der Waals surface area contributed by atoms with E-state index in [1.165, 1.54) is 41.6 Å². The minimum Gasteiger partial charge on any atom is -0.503 e. The van der Waals surface area contributed by atoms with E-state index in [0.717, 1.165) is 0 Å². The summed E-state index contributed by atoms with van der Waals surface area (Å²) < 4.78 is 28.9. The number of ketones is 1. The average molecular weight is 475 g/mol. The number of Topliss-reactive ketones (excluding diaryl/α,β-unsaturated/α-hetero) is 1. The second kappa shape index (κ2) is 7.94. The van der Waals surface area contributed by atoms with Crippen LogP contribution in [0.3, 0.4) is 0 Å². The Kier molecular flexibility index (Phi) is 5.03. The summed E-state index contributed by atoms with van der Waals surface area (Å²) in [5.41, 5.74) is 1.04. The summed E-state index contributed by atoms with van der Waals surface area (Å²) in [7, 11) is -3.95. The highest BCUT2D eigenvalue weighted by molar-refractivity contribution is 7.89. The fourth-order valence-electron chi connectivity index (χ4n) is 3.98. The highest BCUT2D eigenvalue weighted by atomic mass is 32.2. The van der Waals surface area contributed by atoms with E-state index >= 15 is 0 Å². The predicted octanol–water partition coefficient (Wildman–Crippen LogP) is 3.26. The number of furan rings is 1. The van der Waals surface area contributed by atoms with E-state index in [0.29, 0.717) is 16.5 Å². The fraction of sp³-hybridized carbons (Fsp3) is 0.0417. The maximum Gasteiger partial charge on any atom is 0.294 e. The van der Waals surface area contributed by atoms with Crippen LogP contribution in [-0.4, -0.2) is 30.2 Å². The zero-order valence-corrected chi connectivity index (χ0v) is 18.3. The van der Waals surface area contributed by atoms with Gasteiger partial charge < -0.3 is 9.52 Å². The minimum absolute atomic E-state index is 0.0316. The van der Waals surface area contributed by atoms with Crippen molar-refractivity contribution >= 4 is 38.4 Å². The van der Waals surface area contributed by atoms with Crippen molar-refractivity contribution in [2.45, 2.75) is 10.9 Å². The van der Waals surface area contributed by atoms with E-state index in [2.05, 4.69) is 4.98 Å². The first-order valence-electron chi connectivity index (χ1n) is 10.1. The number of hydrogen-bond donors (Lipinski definition) is 2. The molecule has 1 aliphatic heterocycles. The highest BCUT2D eigenvalue weighted by Gasteiger charge is 2.45. The molecular formula is C24H17N3O6S. The van der Waals surface area contributed by atoms with Crippen molar-refractivity contribution in [3.8, 4) is 0 Å². The van der Waals surface area contributed by atoms with Crippen LogP contribution in [0.5, 0.6) is 0 Å². The second-order valence-corrected chi connectivity index (χ2v) is 9.20. The van der Waals surface area contributed by atoms with Gasteiger partial charge in [0.25, 0.3) is 5.91 Å². The van der Waals surface area contributed by atoms with E-state index in [1.54, 1.807) is 42.5 Å². The zero-order chi connectivity index (χ0) is 24.0. The number of aliphatic hydroxyl groups is 1. The molecule has 1 amide bonds. The number of fused-ring (bicyclic) bond motifs is 1. The topological polar surface area (TPSA) is 144 Å². The molecule has 10 heteroatoms. The summed E-state index contributed by atoms with van der Waals surface area (Å²) in [6.07, 6.45) is 3.02. The lowest BCUT2D eigenvalue weighted by Crippen LogP contribution is -2.31. The predicted molar refractivity (Wildman–Crippen MR) is 122 cm³/mol. The van der Waals surface area contributed by atoms with Crippen LogP contribution in [0.15, 0.2) is 99.8 Å². The maximum absolute atomic E-state index is 13.5. The normalized spacial score (nSPS) is 16.4. The van der Waals surface area contributed by atoms with E-state index in [1.807, 2.05) is 0 Å². The largest absolute Gasteiger partial charge is 0.503 e. The number of primary sulfonamides is 1. The number of para-hydroxylation sites is 1. The molecule has 1 aliphatic rings. The molecule has 1 atom stereocenters. The number of amides is 1. The molecule has 0 bridgehead atoms. The van der Waals surface area contributed by atoms with Crippen molar-refractivity contribution in [3.05, 3.63) is 102 Å². The molecule has 0 saturated carbocycles. The quantitative estimate of drug-likeness (QED) is 0.422. The molecule has 2 aromatic heterocycles. The van der Waals surface area contributed by atoms with Crippen molar-refractivity contribution in [2.24, 2.45) is 5.14 Å². The van der Waals surface area contributed by atoms with Crippen molar-refractivity contribution in [2.75, 3.05) is 4.90 Å². The SMILES string of the molecule is NS(=O)(=O)c1ccc(N2C(=O)C(O)=C(C(=O)c3cc4ccccc4o3)C2c2cccnc2)cc1. The Morgan fingerprint density at radius 3 is 2.44 bits per heavy atom. The van der Waals surface area contributed by atoms with Gasteiger partial charge in [-0.1, -0.05) is 24.3 Å². The third-order valence-corrected chi connectivity index (χ3v) is 6.47. The monoisotopic (exact) mass is 475 g/mol. The number of carbonyl (C=O) groups is 2. The van der Waals surface area contributed by atoms with E-state index in [-0.39, 0.29) is 21.9 Å². The number of rotatable bonds is 5. The Hall–Kier alpha value is -4.28. The van der Waals surface area contributed by atoms with Gasteiger partial charge in [0.05, 0.1) is 16.5 Å². The van der Waals surface area contributed by atoms with Gasteiger partial charge in [0, 0.05) is 23.5 Å². The van der Waals surface area contributed by atoms with Crippen LogP contribution in [0, 0.1) is 0 Å². The van der Waals surface area contributed by atoms with Gasteiger partial charge in [-0.05, 0) is 48.0 Å². The van der Waals surface area contributed by atoms with Crippen LogP contribution in [0.4, 0.5) is 5.69 Å². The molecule has 34 heavy (non-hydrogen) atoms. The maximum atomic E-state index is 13.5. The Balaban J connectivity index is 1.63. The van der Waals surface area contributed by atoms with Gasteiger partial charge in [-0.3, -0.25) is 19.5 Å². The third kappa shape index (κ3) is 3.54. The van der Waals surface area contributed by atoms with Gasteiger partial charge in [0.2, 0.25) is 15.8 Å². The van der Waals surface area contributed by atoms with Crippen molar-refractivity contribution in [3.63, 3.8) is 0 Å². The molecule has 0 aliphatic carbocycles. The molecule has 0 fully saturated rings. The summed E-state index contributed by atoms with van der Waals surface area (Å²) in [5, 5.41) is 16.7. The van der Waals surface area contributed by atoms with Gasteiger partial charge in [-0.15, -0.1) is 0 Å². The first-order valence-corrected chi connectivity index (χ1v) is 11.6. The molecule has 2 aromatic carbocycles. The van der Waals surface area contributed by atoms with Crippen molar-refractivity contribution in [1.29, 1.82) is 0 Å². The molecule has 0 saturated heterocycles. The number of pyridine rings is 1. The first kappa shape index (κ1) is 21.6. The summed E-state index contributed by atoms with van der Waals surface area (Å²) in [5.74, 6) is -2.23.